The molecule has 0 radical (unpaired) electrons. The molecule has 0 aliphatic heterocycles. The highest BCUT2D eigenvalue weighted by Crippen LogP contribution is 2.25. The van der Waals surface area contributed by atoms with E-state index in [9.17, 15) is 19.7 Å². The smallest absolute Gasteiger partial charge is 0.337 e. The second-order valence-corrected chi connectivity index (χ2v) is 5.25. The van der Waals surface area contributed by atoms with Crippen LogP contribution >= 0.6 is 0 Å². The summed E-state index contributed by atoms with van der Waals surface area (Å²) in [6.45, 7) is 1.65. The number of methoxy groups -OCH3 is 1. The summed E-state index contributed by atoms with van der Waals surface area (Å²) < 4.78 is 4.60. The number of carbonyl (C=O) groups is 2. The van der Waals surface area contributed by atoms with Crippen LogP contribution in [0.1, 0.15) is 15.9 Å². The first-order valence-electron chi connectivity index (χ1n) is 7.38. The Morgan fingerprint density at radius 1 is 1.16 bits per heavy atom. The average Bonchev–Trinajstić information content (AvgIpc) is 2.61. The van der Waals surface area contributed by atoms with Crippen molar-refractivity contribution in [2.24, 2.45) is 0 Å². The van der Waals surface area contributed by atoms with E-state index in [2.05, 4.69) is 15.4 Å². The van der Waals surface area contributed by atoms with Crippen molar-refractivity contribution in [1.82, 2.24) is 0 Å². The van der Waals surface area contributed by atoms with Gasteiger partial charge in [-0.05, 0) is 42.8 Å². The monoisotopic (exact) mass is 343 g/mol. The van der Waals surface area contributed by atoms with Crippen molar-refractivity contribution < 1.29 is 19.2 Å². The molecule has 8 nitrogen and oxygen atoms in total. The van der Waals surface area contributed by atoms with Gasteiger partial charge in [0.25, 0.3) is 5.69 Å². The van der Waals surface area contributed by atoms with Crippen LogP contribution in [0.2, 0.25) is 0 Å². The van der Waals surface area contributed by atoms with Crippen LogP contribution in [0.15, 0.2) is 42.5 Å². The molecule has 0 aliphatic carbocycles. The van der Waals surface area contributed by atoms with Crippen LogP contribution in [0, 0.1) is 17.0 Å². The molecule has 0 aromatic heterocycles. The summed E-state index contributed by atoms with van der Waals surface area (Å²) in [4.78, 5) is 33.8. The summed E-state index contributed by atoms with van der Waals surface area (Å²) in [6, 6.07) is 11.0. The van der Waals surface area contributed by atoms with Gasteiger partial charge in [-0.2, -0.15) is 0 Å². The fourth-order valence-corrected chi connectivity index (χ4v) is 2.12. The Hall–Kier alpha value is -3.42. The number of aryl methyl sites for hydroxylation is 1. The molecule has 0 spiro atoms. The van der Waals surface area contributed by atoms with E-state index in [0.717, 1.165) is 5.56 Å². The molecule has 2 aromatic carbocycles. The van der Waals surface area contributed by atoms with Gasteiger partial charge in [0.2, 0.25) is 5.91 Å². The van der Waals surface area contributed by atoms with Gasteiger partial charge in [-0.3, -0.25) is 14.9 Å². The van der Waals surface area contributed by atoms with Crippen molar-refractivity contribution in [2.75, 3.05) is 24.3 Å². The Morgan fingerprint density at radius 3 is 2.44 bits per heavy atom. The largest absolute Gasteiger partial charge is 0.465 e. The molecule has 8 heteroatoms. The van der Waals surface area contributed by atoms with E-state index >= 15 is 0 Å². The van der Waals surface area contributed by atoms with Crippen molar-refractivity contribution in [1.29, 1.82) is 0 Å². The minimum Gasteiger partial charge on any atom is -0.465 e. The minimum atomic E-state index is -0.540. The van der Waals surface area contributed by atoms with Crippen molar-refractivity contribution in [3.05, 3.63) is 63.7 Å². The summed E-state index contributed by atoms with van der Waals surface area (Å²) in [5, 5.41) is 16.4. The first kappa shape index (κ1) is 17.9. The molecule has 2 aromatic rings. The van der Waals surface area contributed by atoms with Crippen LogP contribution in [0.25, 0.3) is 0 Å². The third-order valence-corrected chi connectivity index (χ3v) is 3.38. The number of hydrogen-bond donors (Lipinski definition) is 2. The summed E-state index contributed by atoms with van der Waals surface area (Å²) in [5.41, 5.74) is 1.74. The Balaban J connectivity index is 1.97. The Labute approximate surface area is 144 Å². The number of nitro groups is 1. The van der Waals surface area contributed by atoms with Gasteiger partial charge in [0.1, 0.15) is 5.69 Å². The lowest BCUT2D eigenvalue weighted by Crippen LogP contribution is -2.22. The van der Waals surface area contributed by atoms with Crippen molar-refractivity contribution >= 4 is 28.9 Å². The number of nitrogens with zero attached hydrogens (tertiary/aromatic N) is 1. The van der Waals surface area contributed by atoms with E-state index < -0.39 is 16.8 Å². The van der Waals surface area contributed by atoms with Crippen LogP contribution in [0.4, 0.5) is 17.1 Å². The highest BCUT2D eigenvalue weighted by atomic mass is 16.6. The molecule has 1 amide bonds. The second kappa shape index (κ2) is 7.91. The topological polar surface area (TPSA) is 111 Å². The van der Waals surface area contributed by atoms with Gasteiger partial charge in [-0.1, -0.05) is 6.07 Å². The molecule has 0 saturated carbocycles. The quantitative estimate of drug-likeness (QED) is 0.474. The SMILES string of the molecule is COC(=O)c1ccc(NCC(=O)Nc2ccc(C)cc2[N+](=O)[O-])cc1. The third-order valence-electron chi connectivity index (χ3n) is 3.38. The molecule has 0 heterocycles. The van der Waals surface area contributed by atoms with Gasteiger partial charge in [0, 0.05) is 11.8 Å². The molecule has 2 rings (SSSR count). The first-order valence-corrected chi connectivity index (χ1v) is 7.38. The zero-order chi connectivity index (χ0) is 18.4. The number of anilines is 2. The molecular weight excluding hydrogens is 326 g/mol. The van der Waals surface area contributed by atoms with Crippen LogP contribution < -0.4 is 10.6 Å². The summed E-state index contributed by atoms with van der Waals surface area (Å²) in [7, 11) is 1.29. The summed E-state index contributed by atoms with van der Waals surface area (Å²) >= 11 is 0. The lowest BCUT2D eigenvalue weighted by molar-refractivity contribution is -0.384. The van der Waals surface area contributed by atoms with Crippen LogP contribution in [-0.2, 0) is 9.53 Å². The number of nitro benzene ring substituents is 1. The number of esters is 1. The molecule has 2 N–H and O–H groups in total. The fraction of sp³-hybridized carbons (Fsp3) is 0.176. The van der Waals surface area contributed by atoms with Gasteiger partial charge >= 0.3 is 5.97 Å². The Kier molecular flexibility index (Phi) is 5.67. The highest BCUT2D eigenvalue weighted by molar-refractivity contribution is 5.96. The maximum absolute atomic E-state index is 12.0. The maximum atomic E-state index is 12.0. The normalized spacial score (nSPS) is 10.0. The number of amides is 1. The van der Waals surface area contributed by atoms with Crippen molar-refractivity contribution in [3.63, 3.8) is 0 Å². The molecule has 0 saturated heterocycles. The maximum Gasteiger partial charge on any atom is 0.337 e. The zero-order valence-corrected chi connectivity index (χ0v) is 13.7. The Bertz CT molecular complexity index is 802. The molecule has 0 atom stereocenters. The van der Waals surface area contributed by atoms with Gasteiger partial charge < -0.3 is 15.4 Å². The number of carbonyl (C=O) groups excluding carboxylic acids is 2. The van der Waals surface area contributed by atoms with E-state index in [1.165, 1.54) is 19.2 Å². The molecule has 0 bridgehead atoms. The summed E-state index contributed by atoms with van der Waals surface area (Å²) in [6.07, 6.45) is 0. The van der Waals surface area contributed by atoms with Crippen LogP contribution in [-0.4, -0.2) is 30.5 Å². The molecule has 0 fully saturated rings. The van der Waals surface area contributed by atoms with Crippen molar-refractivity contribution in [3.8, 4) is 0 Å². The number of rotatable bonds is 6. The lowest BCUT2D eigenvalue weighted by atomic mass is 10.2. The van der Waals surface area contributed by atoms with Crippen molar-refractivity contribution in [2.45, 2.75) is 6.92 Å². The molecule has 130 valence electrons. The number of nitrogens with one attached hydrogen (secondary N) is 2. The Morgan fingerprint density at radius 2 is 1.84 bits per heavy atom. The van der Waals surface area contributed by atoms with Crippen LogP contribution in [0.5, 0.6) is 0 Å². The molecule has 25 heavy (non-hydrogen) atoms. The van der Waals surface area contributed by atoms with E-state index in [-0.39, 0.29) is 17.9 Å². The number of ether oxygens (including phenoxy) is 1. The van der Waals surface area contributed by atoms with Gasteiger partial charge in [0.15, 0.2) is 0 Å². The van der Waals surface area contributed by atoms with E-state index in [1.54, 1.807) is 37.3 Å². The minimum absolute atomic E-state index is 0.0808. The molecule has 0 aliphatic rings. The van der Waals surface area contributed by atoms with E-state index in [1.807, 2.05) is 0 Å². The molecular formula is C17H17N3O5. The fourth-order valence-electron chi connectivity index (χ4n) is 2.12. The number of benzene rings is 2. The molecule has 0 unspecified atom stereocenters. The predicted molar refractivity (Wildman–Crippen MR) is 92.7 cm³/mol. The predicted octanol–water partition coefficient (Wildman–Crippen LogP) is 2.74. The van der Waals surface area contributed by atoms with Gasteiger partial charge in [-0.25, -0.2) is 4.79 Å². The third kappa shape index (κ3) is 4.77. The van der Waals surface area contributed by atoms with Gasteiger partial charge in [0.05, 0.1) is 24.1 Å². The highest BCUT2D eigenvalue weighted by Gasteiger charge is 2.15. The van der Waals surface area contributed by atoms with E-state index in [0.29, 0.717) is 11.3 Å². The number of hydrogen-bond acceptors (Lipinski definition) is 6. The second-order valence-electron chi connectivity index (χ2n) is 5.25. The first-order chi connectivity index (χ1) is 11.9. The lowest BCUT2D eigenvalue weighted by Gasteiger charge is -2.09. The summed E-state index contributed by atoms with van der Waals surface area (Å²) in [5.74, 6) is -0.875. The van der Waals surface area contributed by atoms with E-state index in [4.69, 9.17) is 0 Å². The van der Waals surface area contributed by atoms with Crippen LogP contribution in [0.3, 0.4) is 0 Å². The average molecular weight is 343 g/mol. The van der Waals surface area contributed by atoms with Gasteiger partial charge in [-0.15, -0.1) is 0 Å². The zero-order valence-electron chi connectivity index (χ0n) is 13.7. The standard InChI is InChI=1S/C17H17N3O5/c1-11-3-8-14(15(9-11)20(23)24)19-16(21)10-18-13-6-4-12(5-7-13)17(22)25-2/h3-9,18H,10H2,1-2H3,(H,19,21).